The number of hydrogen-bond donors (Lipinski definition) is 0. The molecule has 1 amide bonds. The molecule has 0 aliphatic heterocycles. The molecule has 0 radical (unpaired) electrons. The minimum Gasteiger partial charge on any atom is -0.376 e. The topological polar surface area (TPSA) is 20.3 Å². The van der Waals surface area contributed by atoms with E-state index >= 15 is 0 Å². The summed E-state index contributed by atoms with van der Waals surface area (Å²) in [5.41, 5.74) is 0. The molecule has 0 aliphatic carbocycles. The van der Waals surface area contributed by atoms with Crippen molar-refractivity contribution in [2.75, 3.05) is 13.6 Å². The third-order valence-electron chi connectivity index (χ3n) is 4.41. The molecule has 0 saturated heterocycles. The maximum atomic E-state index is 11.6. The molecular weight excluding hydrogens is 305 g/mol. The van der Waals surface area contributed by atoms with Crippen LogP contribution in [0.5, 0.6) is 0 Å². The average molecular weight is 346 g/mol. The van der Waals surface area contributed by atoms with Crippen LogP contribution in [0.4, 0.5) is 0 Å². The van der Waals surface area contributed by atoms with E-state index in [0.29, 0.717) is 13.0 Å². The zero-order valence-electron chi connectivity index (χ0n) is 16.8. The number of carbonyl (C=O) groups is 1. The number of amides is 1. The molecule has 0 spiro atoms. The summed E-state index contributed by atoms with van der Waals surface area (Å²) in [6, 6.07) is 0. The standard InChI is InChI=1S/C21H40NO.Na/c1-4-6-7-8-9-10-11-12-13-14-15-16-17-18-19-20-21(23)22(3)5-2;/h12-13H,2,4-11,14-20H2,1,3H3;/q-1;+1/b13-12-;. The summed E-state index contributed by atoms with van der Waals surface area (Å²) >= 11 is 0. The average Bonchev–Trinajstić information content (AvgIpc) is 2.57. The van der Waals surface area contributed by atoms with Crippen LogP contribution < -0.4 is 29.6 Å². The van der Waals surface area contributed by atoms with Gasteiger partial charge >= 0.3 is 29.6 Å². The Bertz CT molecular complexity index is 292. The van der Waals surface area contributed by atoms with Crippen LogP contribution in [0, 0.1) is 6.92 Å². The maximum absolute atomic E-state index is 11.6. The van der Waals surface area contributed by atoms with Gasteiger partial charge < -0.3 is 11.8 Å². The Morgan fingerprint density at radius 1 is 0.833 bits per heavy atom. The quantitative estimate of drug-likeness (QED) is 0.182. The molecule has 0 atom stereocenters. The van der Waals surface area contributed by atoms with Gasteiger partial charge in [0.2, 0.25) is 5.91 Å². The first-order chi connectivity index (χ1) is 11.2. The first-order valence-electron chi connectivity index (χ1n) is 9.90. The molecule has 0 aliphatic rings. The number of unbranched alkanes of at least 4 members (excludes halogenated alkanes) is 11. The van der Waals surface area contributed by atoms with Crippen molar-refractivity contribution in [3.63, 3.8) is 0 Å². The molecule has 0 N–H and O–H groups in total. The van der Waals surface area contributed by atoms with Gasteiger partial charge in [-0.15, -0.1) is 6.54 Å². The van der Waals surface area contributed by atoms with Crippen molar-refractivity contribution in [2.45, 2.75) is 96.8 Å². The second-order valence-electron chi connectivity index (χ2n) is 6.65. The number of rotatable bonds is 16. The molecule has 24 heavy (non-hydrogen) atoms. The molecule has 0 bridgehead atoms. The Morgan fingerprint density at radius 2 is 1.29 bits per heavy atom. The van der Waals surface area contributed by atoms with E-state index < -0.39 is 0 Å². The molecular formula is C21H40NNaO. The molecule has 2 nitrogen and oxygen atoms in total. The number of nitrogens with zero attached hydrogens (tertiary/aromatic N) is 1. The summed E-state index contributed by atoms with van der Waals surface area (Å²) in [7, 11) is 1.83. The first kappa shape index (κ1) is 26.4. The minimum atomic E-state index is 0. The number of allylic oxidation sites excluding steroid dienone is 2. The van der Waals surface area contributed by atoms with E-state index in [4.69, 9.17) is 0 Å². The van der Waals surface area contributed by atoms with Gasteiger partial charge in [-0.05, 0) is 32.1 Å². The zero-order valence-corrected chi connectivity index (χ0v) is 18.8. The first-order valence-corrected chi connectivity index (χ1v) is 9.90. The second-order valence-corrected chi connectivity index (χ2v) is 6.65. The minimum absolute atomic E-state index is 0. The van der Waals surface area contributed by atoms with E-state index in [0.717, 1.165) is 6.42 Å². The molecule has 0 heterocycles. The molecule has 0 aromatic rings. The maximum Gasteiger partial charge on any atom is 1.00 e. The molecule has 0 fully saturated rings. The molecule has 0 rings (SSSR count). The second kappa shape index (κ2) is 21.3. The molecule has 0 aromatic carbocycles. The molecule has 136 valence electrons. The van der Waals surface area contributed by atoms with Crippen molar-refractivity contribution in [2.24, 2.45) is 0 Å². The van der Waals surface area contributed by atoms with Crippen molar-refractivity contribution >= 4 is 5.91 Å². The molecule has 0 saturated carbocycles. The van der Waals surface area contributed by atoms with E-state index in [2.05, 4.69) is 26.0 Å². The van der Waals surface area contributed by atoms with Crippen LogP contribution in [0.25, 0.3) is 0 Å². The Hall–Kier alpha value is 0.210. The van der Waals surface area contributed by atoms with Gasteiger partial charge in [-0.2, -0.15) is 0 Å². The van der Waals surface area contributed by atoms with Gasteiger partial charge in [0.05, 0.1) is 0 Å². The van der Waals surface area contributed by atoms with Gasteiger partial charge in [-0.1, -0.05) is 70.4 Å². The summed E-state index contributed by atoms with van der Waals surface area (Å²) in [6.07, 6.45) is 22.2. The normalized spacial score (nSPS) is 10.8. The number of carbonyl (C=O) groups excluding carboxylic acids is 1. The van der Waals surface area contributed by atoms with E-state index in [1.165, 1.54) is 77.0 Å². The third kappa shape index (κ3) is 18.5. The molecule has 3 heteroatoms. The SMILES string of the molecule is [CH2-]CN(C)C(=O)CCCCCCC/C=C\CCCCCCCC.[Na+]. The van der Waals surface area contributed by atoms with Crippen LogP contribution in [0.1, 0.15) is 96.8 Å². The fourth-order valence-electron chi connectivity index (χ4n) is 2.66. The monoisotopic (exact) mass is 345 g/mol. The van der Waals surface area contributed by atoms with Crippen molar-refractivity contribution in [1.29, 1.82) is 0 Å². The third-order valence-corrected chi connectivity index (χ3v) is 4.41. The van der Waals surface area contributed by atoms with E-state index in [-0.39, 0.29) is 35.5 Å². The van der Waals surface area contributed by atoms with Crippen molar-refractivity contribution in [3.8, 4) is 0 Å². The summed E-state index contributed by atoms with van der Waals surface area (Å²) in [6.45, 7) is 6.57. The largest absolute Gasteiger partial charge is 1.00 e. The van der Waals surface area contributed by atoms with Crippen LogP contribution >= 0.6 is 0 Å². The molecule has 0 aromatic heterocycles. The summed E-state index contributed by atoms with van der Waals surface area (Å²) < 4.78 is 0. The van der Waals surface area contributed by atoms with Crippen molar-refractivity contribution < 1.29 is 34.4 Å². The summed E-state index contributed by atoms with van der Waals surface area (Å²) in [4.78, 5) is 13.3. The van der Waals surface area contributed by atoms with Gasteiger partial charge in [-0.3, -0.25) is 4.79 Å². The zero-order chi connectivity index (χ0) is 17.2. The van der Waals surface area contributed by atoms with E-state index in [9.17, 15) is 4.79 Å². The number of hydrogen-bond acceptors (Lipinski definition) is 1. The summed E-state index contributed by atoms with van der Waals surface area (Å²) in [5, 5.41) is 0. The van der Waals surface area contributed by atoms with Crippen LogP contribution in [0.15, 0.2) is 12.2 Å². The van der Waals surface area contributed by atoms with Gasteiger partial charge in [0.15, 0.2) is 0 Å². The Balaban J connectivity index is 0. The fraction of sp³-hybridized carbons (Fsp3) is 0.810. The van der Waals surface area contributed by atoms with Crippen LogP contribution in [0.2, 0.25) is 0 Å². The Kier molecular flexibility index (Phi) is 23.4. The van der Waals surface area contributed by atoms with E-state index in [1.54, 1.807) is 4.90 Å². The van der Waals surface area contributed by atoms with Gasteiger partial charge in [-0.25, -0.2) is 0 Å². The van der Waals surface area contributed by atoms with Crippen molar-refractivity contribution in [3.05, 3.63) is 19.1 Å². The fourth-order valence-corrected chi connectivity index (χ4v) is 2.66. The Labute approximate surface area is 174 Å². The van der Waals surface area contributed by atoms with Crippen LogP contribution in [-0.2, 0) is 4.79 Å². The van der Waals surface area contributed by atoms with Crippen molar-refractivity contribution in [1.82, 2.24) is 4.90 Å². The van der Waals surface area contributed by atoms with Gasteiger partial charge in [0.1, 0.15) is 0 Å². The van der Waals surface area contributed by atoms with Gasteiger partial charge in [0.25, 0.3) is 0 Å². The van der Waals surface area contributed by atoms with Gasteiger partial charge in [0, 0.05) is 13.5 Å². The predicted molar refractivity (Wildman–Crippen MR) is 102 cm³/mol. The summed E-state index contributed by atoms with van der Waals surface area (Å²) in [5.74, 6) is 0.234. The van der Waals surface area contributed by atoms with E-state index in [1.807, 2.05) is 7.05 Å². The smallest absolute Gasteiger partial charge is 0.376 e. The predicted octanol–water partition coefficient (Wildman–Crippen LogP) is 3.32. The Morgan fingerprint density at radius 3 is 1.79 bits per heavy atom. The van der Waals surface area contributed by atoms with Crippen LogP contribution in [0.3, 0.4) is 0 Å². The van der Waals surface area contributed by atoms with Crippen LogP contribution in [-0.4, -0.2) is 24.4 Å². The molecule has 0 unspecified atom stereocenters.